The summed E-state index contributed by atoms with van der Waals surface area (Å²) in [6, 6.07) is -0.204. The molecule has 8 nitrogen and oxygen atoms in total. The number of halogens is 2. The molecule has 2 fully saturated rings. The van der Waals surface area contributed by atoms with Crippen LogP contribution in [0.15, 0.2) is 6.20 Å². The third kappa shape index (κ3) is 4.59. The highest BCUT2D eigenvalue weighted by Crippen LogP contribution is 2.32. The van der Waals surface area contributed by atoms with E-state index >= 15 is 0 Å². The molecule has 1 aliphatic carbocycles. The second-order valence-corrected chi connectivity index (χ2v) is 9.46. The average molecular weight is 473 g/mol. The van der Waals surface area contributed by atoms with E-state index in [4.69, 9.17) is 33.0 Å². The fourth-order valence-electron chi connectivity index (χ4n) is 3.45. The van der Waals surface area contributed by atoms with Gasteiger partial charge in [-0.25, -0.2) is 9.78 Å². The predicted octanol–water partition coefficient (Wildman–Crippen LogP) is 3.59. The molecule has 11 heteroatoms. The summed E-state index contributed by atoms with van der Waals surface area (Å²) in [5.74, 6) is -0.732. The number of hydrogen-bond donors (Lipinski definition) is 3. The molecular formula is C19H22Cl2N4O4S. The Morgan fingerprint density at radius 1 is 1.37 bits per heavy atom. The number of piperidine rings is 1. The van der Waals surface area contributed by atoms with E-state index in [9.17, 15) is 9.59 Å². The highest BCUT2D eigenvalue weighted by atomic mass is 35.5. The van der Waals surface area contributed by atoms with Crippen LogP contribution in [0.4, 0.5) is 5.13 Å². The monoisotopic (exact) mass is 472 g/mol. The van der Waals surface area contributed by atoms with E-state index in [2.05, 4.69) is 15.3 Å². The highest BCUT2D eigenvalue weighted by molar-refractivity contribution is 7.17. The lowest BCUT2D eigenvalue weighted by Crippen LogP contribution is -2.55. The molecule has 2 aromatic rings. The predicted molar refractivity (Wildman–Crippen MR) is 115 cm³/mol. The van der Waals surface area contributed by atoms with Crippen LogP contribution in [0.5, 0.6) is 0 Å². The van der Waals surface area contributed by atoms with Gasteiger partial charge < -0.3 is 25.0 Å². The molecule has 3 heterocycles. The molecule has 3 N–H and O–H groups in total. The van der Waals surface area contributed by atoms with Gasteiger partial charge in [-0.05, 0) is 32.1 Å². The summed E-state index contributed by atoms with van der Waals surface area (Å²) in [4.78, 5) is 33.3. The van der Waals surface area contributed by atoms with Crippen LogP contribution in [0.1, 0.15) is 45.1 Å². The second kappa shape index (κ2) is 8.74. The van der Waals surface area contributed by atoms with Crippen LogP contribution in [0, 0.1) is 12.8 Å². The molecular weight excluding hydrogens is 451 g/mol. The number of aromatic nitrogens is 2. The smallest absolute Gasteiger partial charge is 0.347 e. The maximum atomic E-state index is 12.8. The summed E-state index contributed by atoms with van der Waals surface area (Å²) in [7, 11) is 0. The summed E-state index contributed by atoms with van der Waals surface area (Å²) in [5, 5.41) is 13.4. The number of thiazole rings is 1. The van der Waals surface area contributed by atoms with Crippen molar-refractivity contribution in [2.24, 2.45) is 5.92 Å². The molecule has 2 aromatic heterocycles. The topological polar surface area (TPSA) is 108 Å². The molecule has 1 saturated heterocycles. The molecule has 0 bridgehead atoms. The minimum Gasteiger partial charge on any atom is -0.477 e. The number of rotatable bonds is 7. The van der Waals surface area contributed by atoms with E-state index in [0.717, 1.165) is 24.2 Å². The van der Waals surface area contributed by atoms with Crippen LogP contribution in [0.25, 0.3) is 0 Å². The lowest BCUT2D eigenvalue weighted by molar-refractivity contribution is 0.0146. The van der Waals surface area contributed by atoms with Crippen LogP contribution in [-0.2, 0) is 4.74 Å². The summed E-state index contributed by atoms with van der Waals surface area (Å²) in [6.45, 7) is 3.54. The van der Waals surface area contributed by atoms with E-state index in [-0.39, 0.29) is 33.6 Å². The van der Waals surface area contributed by atoms with Gasteiger partial charge in [-0.3, -0.25) is 4.79 Å². The van der Waals surface area contributed by atoms with Crippen LogP contribution < -0.4 is 10.2 Å². The molecule has 1 aliphatic heterocycles. The quantitative estimate of drug-likeness (QED) is 0.568. The second-order valence-electron chi connectivity index (χ2n) is 7.70. The van der Waals surface area contributed by atoms with Crippen molar-refractivity contribution in [2.45, 2.75) is 38.3 Å². The minimum absolute atomic E-state index is 0.199. The Kier molecular flexibility index (Phi) is 6.24. The van der Waals surface area contributed by atoms with Crippen LogP contribution in [-0.4, -0.2) is 58.8 Å². The van der Waals surface area contributed by atoms with Gasteiger partial charge in [0.1, 0.15) is 10.6 Å². The molecule has 2 atom stereocenters. The normalized spacial score (nSPS) is 21.6. The number of carbonyl (C=O) groups excluding carboxylic acids is 1. The van der Waals surface area contributed by atoms with E-state index < -0.39 is 5.97 Å². The van der Waals surface area contributed by atoms with E-state index in [1.165, 1.54) is 6.20 Å². The third-order valence-electron chi connectivity index (χ3n) is 5.37. The van der Waals surface area contributed by atoms with Crippen molar-refractivity contribution in [3.05, 3.63) is 32.5 Å². The van der Waals surface area contributed by atoms with Gasteiger partial charge in [0.15, 0.2) is 5.13 Å². The third-order valence-corrected chi connectivity index (χ3v) is 7.37. The fraction of sp³-hybridized carbons (Fsp3) is 0.526. The summed E-state index contributed by atoms with van der Waals surface area (Å²) in [6.07, 6.45) is 4.09. The molecule has 2 unspecified atom stereocenters. The van der Waals surface area contributed by atoms with Gasteiger partial charge in [-0.2, -0.15) is 0 Å². The van der Waals surface area contributed by atoms with Gasteiger partial charge in [0.25, 0.3) is 5.91 Å². The van der Waals surface area contributed by atoms with E-state index in [1.54, 1.807) is 6.92 Å². The number of ether oxygens (including phenoxy) is 1. The molecule has 162 valence electrons. The average Bonchev–Trinajstić information content (AvgIpc) is 3.35. The maximum absolute atomic E-state index is 12.8. The molecule has 4 rings (SSSR count). The maximum Gasteiger partial charge on any atom is 0.347 e. The van der Waals surface area contributed by atoms with Gasteiger partial charge in [-0.1, -0.05) is 34.5 Å². The molecule has 0 aromatic carbocycles. The Bertz CT molecular complexity index is 958. The van der Waals surface area contributed by atoms with Crippen molar-refractivity contribution in [3.63, 3.8) is 0 Å². The number of H-pyrrole nitrogens is 1. The number of nitrogens with one attached hydrogen (secondary N) is 2. The van der Waals surface area contributed by atoms with Gasteiger partial charge in [-0.15, -0.1) is 0 Å². The number of anilines is 1. The van der Waals surface area contributed by atoms with Crippen molar-refractivity contribution >= 4 is 51.5 Å². The number of aromatic carboxylic acids is 1. The van der Waals surface area contributed by atoms with E-state index in [0.29, 0.717) is 47.9 Å². The number of carboxylic acid groups (broad SMARTS) is 1. The largest absolute Gasteiger partial charge is 0.477 e. The van der Waals surface area contributed by atoms with Crippen molar-refractivity contribution in [2.75, 3.05) is 24.6 Å². The van der Waals surface area contributed by atoms with Gasteiger partial charge in [0.2, 0.25) is 0 Å². The standard InChI is InChI=1S/C19H22Cl2N4O4S/c1-9-14(20)15(21)16(23-9)17(26)24-11-4-5-25(7-12(11)29-8-10-2-3-10)19-22-6-13(30-19)18(27)28/h6,10-12,23H,2-5,7-8H2,1H3,(H,24,26)(H,27,28). The minimum atomic E-state index is -0.987. The first-order valence-corrected chi connectivity index (χ1v) is 11.3. The molecule has 2 aliphatic rings. The van der Waals surface area contributed by atoms with Gasteiger partial charge in [0, 0.05) is 25.4 Å². The first-order valence-electron chi connectivity index (χ1n) is 9.73. The zero-order chi connectivity index (χ0) is 21.4. The molecule has 0 spiro atoms. The number of carboxylic acids is 1. The fourth-order valence-corrected chi connectivity index (χ4v) is 4.65. The SMILES string of the molecule is Cc1[nH]c(C(=O)NC2CCN(c3ncc(C(=O)O)s3)CC2OCC2CC2)c(Cl)c1Cl. The summed E-state index contributed by atoms with van der Waals surface area (Å²) >= 11 is 13.4. The van der Waals surface area contributed by atoms with Gasteiger partial charge in [0.05, 0.1) is 28.4 Å². The zero-order valence-electron chi connectivity index (χ0n) is 16.3. The van der Waals surface area contributed by atoms with E-state index in [1.807, 2.05) is 4.90 Å². The Hall–Kier alpha value is -1.81. The molecule has 0 radical (unpaired) electrons. The number of carbonyl (C=O) groups is 2. The Balaban J connectivity index is 1.46. The highest BCUT2D eigenvalue weighted by Gasteiger charge is 2.35. The summed E-state index contributed by atoms with van der Waals surface area (Å²) < 4.78 is 6.16. The molecule has 30 heavy (non-hydrogen) atoms. The van der Waals surface area contributed by atoms with Crippen molar-refractivity contribution in [1.29, 1.82) is 0 Å². The van der Waals surface area contributed by atoms with Crippen LogP contribution in [0.2, 0.25) is 10.0 Å². The number of nitrogens with zero attached hydrogens (tertiary/aromatic N) is 2. The molecule has 1 saturated carbocycles. The first-order chi connectivity index (χ1) is 14.3. The Labute approximate surface area is 187 Å². The zero-order valence-corrected chi connectivity index (χ0v) is 18.6. The Morgan fingerprint density at radius 2 is 2.13 bits per heavy atom. The lowest BCUT2D eigenvalue weighted by Gasteiger charge is -2.38. The van der Waals surface area contributed by atoms with Crippen LogP contribution >= 0.6 is 34.5 Å². The number of amides is 1. The van der Waals surface area contributed by atoms with Crippen molar-refractivity contribution in [1.82, 2.24) is 15.3 Å². The number of hydrogen-bond acceptors (Lipinski definition) is 6. The number of aryl methyl sites for hydroxylation is 1. The van der Waals surface area contributed by atoms with Crippen molar-refractivity contribution in [3.8, 4) is 0 Å². The summed E-state index contributed by atoms with van der Waals surface area (Å²) in [5.41, 5.74) is 0.884. The molecule has 1 amide bonds. The van der Waals surface area contributed by atoms with Crippen molar-refractivity contribution < 1.29 is 19.4 Å². The lowest BCUT2D eigenvalue weighted by atomic mass is 10.0. The Morgan fingerprint density at radius 3 is 2.73 bits per heavy atom. The van der Waals surface area contributed by atoms with Crippen LogP contribution in [0.3, 0.4) is 0 Å². The number of aromatic amines is 1. The first kappa shape index (κ1) is 21.4. The van der Waals surface area contributed by atoms with Gasteiger partial charge >= 0.3 is 5.97 Å².